The molecule has 0 atom stereocenters. The molecule has 0 spiro atoms. The Morgan fingerprint density at radius 3 is 2.89 bits per heavy atom. The van der Waals surface area contributed by atoms with E-state index < -0.39 is 5.97 Å². The van der Waals surface area contributed by atoms with E-state index in [4.69, 9.17) is 5.11 Å². The summed E-state index contributed by atoms with van der Waals surface area (Å²) in [6.45, 7) is 0. The molecule has 1 aromatic rings. The molecule has 1 aliphatic carbocycles. The molecule has 0 aliphatic heterocycles. The SMILES string of the molecule is O=C(O)C=Cc1ccc(CSC2CCCCC2)s1. The first-order valence-electron chi connectivity index (χ1n) is 6.35. The van der Waals surface area contributed by atoms with Crippen molar-refractivity contribution in [1.29, 1.82) is 0 Å². The van der Waals surface area contributed by atoms with E-state index in [2.05, 4.69) is 17.8 Å². The summed E-state index contributed by atoms with van der Waals surface area (Å²) in [7, 11) is 0. The third-order valence-corrected chi connectivity index (χ3v) is 5.74. The largest absolute Gasteiger partial charge is 0.478 e. The lowest BCUT2D eigenvalue weighted by Gasteiger charge is -2.20. The van der Waals surface area contributed by atoms with Crippen LogP contribution in [0.3, 0.4) is 0 Å². The predicted molar refractivity (Wildman–Crippen MR) is 79.2 cm³/mol. The minimum Gasteiger partial charge on any atom is -0.478 e. The highest BCUT2D eigenvalue weighted by atomic mass is 32.2. The molecular weight excluding hydrogens is 264 g/mol. The van der Waals surface area contributed by atoms with Gasteiger partial charge in [0.1, 0.15) is 0 Å². The van der Waals surface area contributed by atoms with Crippen LogP contribution in [0.25, 0.3) is 6.08 Å². The smallest absolute Gasteiger partial charge is 0.328 e. The lowest BCUT2D eigenvalue weighted by Crippen LogP contribution is -2.07. The molecule has 2 nitrogen and oxygen atoms in total. The molecule has 1 aliphatic rings. The average Bonchev–Trinajstić information content (AvgIpc) is 2.83. The predicted octanol–water partition coefficient (Wildman–Crippen LogP) is 4.41. The van der Waals surface area contributed by atoms with Gasteiger partial charge in [0.15, 0.2) is 0 Å². The normalized spacial score (nSPS) is 17.3. The van der Waals surface area contributed by atoms with Crippen LogP contribution in [0, 0.1) is 0 Å². The maximum absolute atomic E-state index is 10.4. The second-order valence-corrected chi connectivity index (χ2v) is 7.04. The highest BCUT2D eigenvalue weighted by Crippen LogP contribution is 2.32. The molecule has 1 aromatic heterocycles. The van der Waals surface area contributed by atoms with E-state index >= 15 is 0 Å². The molecule has 18 heavy (non-hydrogen) atoms. The topological polar surface area (TPSA) is 37.3 Å². The van der Waals surface area contributed by atoms with Gasteiger partial charge in [0, 0.05) is 26.8 Å². The summed E-state index contributed by atoms with van der Waals surface area (Å²) < 4.78 is 0. The van der Waals surface area contributed by atoms with E-state index in [0.29, 0.717) is 0 Å². The van der Waals surface area contributed by atoms with Crippen molar-refractivity contribution >= 4 is 35.1 Å². The third kappa shape index (κ3) is 4.50. The molecule has 1 fully saturated rings. The summed E-state index contributed by atoms with van der Waals surface area (Å²) in [6, 6.07) is 4.11. The fourth-order valence-electron chi connectivity index (χ4n) is 2.15. The lowest BCUT2D eigenvalue weighted by molar-refractivity contribution is -0.131. The van der Waals surface area contributed by atoms with E-state index in [0.717, 1.165) is 15.9 Å². The van der Waals surface area contributed by atoms with Crippen molar-refractivity contribution in [3.63, 3.8) is 0 Å². The molecule has 0 bridgehead atoms. The second kappa shape index (κ2) is 7.00. The first-order valence-corrected chi connectivity index (χ1v) is 8.22. The first-order chi connectivity index (χ1) is 8.74. The number of rotatable bonds is 5. The number of hydrogen-bond acceptors (Lipinski definition) is 3. The van der Waals surface area contributed by atoms with Crippen LogP contribution in [0.1, 0.15) is 41.9 Å². The van der Waals surface area contributed by atoms with Crippen molar-refractivity contribution in [2.75, 3.05) is 0 Å². The Morgan fingerprint density at radius 2 is 2.17 bits per heavy atom. The van der Waals surface area contributed by atoms with Gasteiger partial charge in [-0.15, -0.1) is 11.3 Å². The lowest BCUT2D eigenvalue weighted by atomic mass is 10.0. The molecule has 1 heterocycles. The fourth-order valence-corrected chi connectivity index (χ4v) is 4.46. The second-order valence-electron chi connectivity index (χ2n) is 4.55. The monoisotopic (exact) mass is 282 g/mol. The zero-order chi connectivity index (χ0) is 12.8. The van der Waals surface area contributed by atoms with Crippen molar-refractivity contribution in [2.24, 2.45) is 0 Å². The van der Waals surface area contributed by atoms with Gasteiger partial charge in [-0.05, 0) is 31.1 Å². The van der Waals surface area contributed by atoms with Crippen LogP contribution in [0.2, 0.25) is 0 Å². The number of carboxylic acid groups (broad SMARTS) is 1. The quantitative estimate of drug-likeness (QED) is 0.813. The van der Waals surface area contributed by atoms with Crippen LogP contribution in [0.5, 0.6) is 0 Å². The highest BCUT2D eigenvalue weighted by Gasteiger charge is 2.13. The summed E-state index contributed by atoms with van der Waals surface area (Å²) in [4.78, 5) is 12.8. The van der Waals surface area contributed by atoms with Crippen LogP contribution in [-0.2, 0) is 10.5 Å². The van der Waals surface area contributed by atoms with Gasteiger partial charge in [0.2, 0.25) is 0 Å². The van der Waals surface area contributed by atoms with Gasteiger partial charge in [-0.3, -0.25) is 0 Å². The zero-order valence-electron chi connectivity index (χ0n) is 10.3. The van der Waals surface area contributed by atoms with Crippen LogP contribution in [0.4, 0.5) is 0 Å². The van der Waals surface area contributed by atoms with Crippen LogP contribution in [0.15, 0.2) is 18.2 Å². The Bertz CT molecular complexity index is 417. The maximum Gasteiger partial charge on any atom is 0.328 e. The molecular formula is C14H18O2S2. The van der Waals surface area contributed by atoms with Crippen LogP contribution < -0.4 is 0 Å². The number of carboxylic acids is 1. The van der Waals surface area contributed by atoms with E-state index in [1.807, 2.05) is 6.07 Å². The number of aliphatic carboxylic acids is 1. The Hall–Kier alpha value is -0.740. The Balaban J connectivity index is 1.80. The van der Waals surface area contributed by atoms with Crippen LogP contribution >= 0.6 is 23.1 Å². The molecule has 0 saturated heterocycles. The van der Waals surface area contributed by atoms with E-state index in [1.54, 1.807) is 17.4 Å². The minimum atomic E-state index is -0.887. The summed E-state index contributed by atoms with van der Waals surface area (Å²) >= 11 is 3.75. The molecule has 0 aromatic carbocycles. The Morgan fingerprint density at radius 1 is 1.39 bits per heavy atom. The maximum atomic E-state index is 10.4. The minimum absolute atomic E-state index is 0.832. The van der Waals surface area contributed by atoms with Crippen molar-refractivity contribution in [2.45, 2.75) is 43.1 Å². The molecule has 4 heteroatoms. The summed E-state index contributed by atoms with van der Waals surface area (Å²) in [5.74, 6) is 0.178. The van der Waals surface area contributed by atoms with Gasteiger partial charge in [0.25, 0.3) is 0 Å². The van der Waals surface area contributed by atoms with Crippen molar-refractivity contribution in [3.8, 4) is 0 Å². The van der Waals surface area contributed by atoms with Gasteiger partial charge in [-0.25, -0.2) is 4.79 Å². The van der Waals surface area contributed by atoms with Crippen molar-refractivity contribution in [3.05, 3.63) is 28.0 Å². The number of thioether (sulfide) groups is 1. The summed E-state index contributed by atoms with van der Waals surface area (Å²) in [5, 5.41) is 9.40. The van der Waals surface area contributed by atoms with Gasteiger partial charge >= 0.3 is 5.97 Å². The van der Waals surface area contributed by atoms with Gasteiger partial charge in [-0.1, -0.05) is 19.3 Å². The Kier molecular flexibility index (Phi) is 5.32. The number of hydrogen-bond donors (Lipinski definition) is 1. The number of carbonyl (C=O) groups is 1. The van der Waals surface area contributed by atoms with Crippen LogP contribution in [-0.4, -0.2) is 16.3 Å². The average molecular weight is 282 g/mol. The molecule has 98 valence electrons. The Labute approximate surface area is 116 Å². The molecule has 1 saturated carbocycles. The number of thiophene rings is 1. The van der Waals surface area contributed by atoms with Gasteiger partial charge < -0.3 is 5.11 Å². The van der Waals surface area contributed by atoms with E-state index in [-0.39, 0.29) is 0 Å². The summed E-state index contributed by atoms with van der Waals surface area (Å²) in [6.07, 6.45) is 9.76. The molecule has 0 unspecified atom stereocenters. The molecule has 2 rings (SSSR count). The fraction of sp³-hybridized carbons (Fsp3) is 0.500. The molecule has 0 radical (unpaired) electrons. The van der Waals surface area contributed by atoms with Crippen molar-refractivity contribution in [1.82, 2.24) is 0 Å². The molecule has 0 amide bonds. The van der Waals surface area contributed by atoms with E-state index in [9.17, 15) is 4.79 Å². The molecule has 1 N–H and O–H groups in total. The third-order valence-electron chi connectivity index (χ3n) is 3.09. The first kappa shape index (κ1) is 13.7. The van der Waals surface area contributed by atoms with E-state index in [1.165, 1.54) is 43.1 Å². The summed E-state index contributed by atoms with van der Waals surface area (Å²) in [5.41, 5.74) is 0. The van der Waals surface area contributed by atoms with Gasteiger partial charge in [-0.2, -0.15) is 11.8 Å². The standard InChI is InChI=1S/C14H18O2S2/c15-14(16)9-8-12-6-7-13(18-12)10-17-11-4-2-1-3-5-11/h6-9,11H,1-5,10H2,(H,15,16). The zero-order valence-corrected chi connectivity index (χ0v) is 11.9. The highest BCUT2D eigenvalue weighted by molar-refractivity contribution is 7.99. The van der Waals surface area contributed by atoms with Gasteiger partial charge in [0.05, 0.1) is 0 Å². The van der Waals surface area contributed by atoms with Crippen molar-refractivity contribution < 1.29 is 9.90 Å².